The molecule has 0 amide bonds. The Morgan fingerprint density at radius 1 is 1.45 bits per heavy atom. The van der Waals surface area contributed by atoms with Gasteiger partial charge in [-0.05, 0) is 38.5 Å². The van der Waals surface area contributed by atoms with Gasteiger partial charge >= 0.3 is 0 Å². The molecule has 1 aliphatic carbocycles. The lowest BCUT2D eigenvalue weighted by Gasteiger charge is -2.30. The maximum absolute atomic E-state index is 2.69. The molecule has 0 aromatic heterocycles. The first kappa shape index (κ1) is 7.60. The standard InChI is InChI=1S/C10H19N/c1-4-10-9-5-8(9)6-11(10)7(2)3/h7-10H,4-6H2,1-3H3. The number of nitrogens with zero attached hydrogens (tertiary/aromatic N) is 1. The number of rotatable bonds is 2. The van der Waals surface area contributed by atoms with E-state index in [1.54, 1.807) is 0 Å². The van der Waals surface area contributed by atoms with Crippen LogP contribution in [0.25, 0.3) is 0 Å². The largest absolute Gasteiger partial charge is 0.297 e. The Bertz CT molecular complexity index is 153. The van der Waals surface area contributed by atoms with Crippen molar-refractivity contribution in [3.8, 4) is 0 Å². The predicted molar refractivity (Wildman–Crippen MR) is 47.5 cm³/mol. The molecule has 3 atom stereocenters. The summed E-state index contributed by atoms with van der Waals surface area (Å²) < 4.78 is 0. The van der Waals surface area contributed by atoms with E-state index in [-0.39, 0.29) is 0 Å². The second kappa shape index (κ2) is 2.48. The normalized spacial score (nSPS) is 43.1. The van der Waals surface area contributed by atoms with Gasteiger partial charge in [0.2, 0.25) is 0 Å². The quantitative estimate of drug-likeness (QED) is 0.587. The van der Waals surface area contributed by atoms with Gasteiger partial charge < -0.3 is 0 Å². The van der Waals surface area contributed by atoms with Crippen LogP contribution in [0.15, 0.2) is 0 Å². The Morgan fingerprint density at radius 2 is 2.18 bits per heavy atom. The molecule has 11 heavy (non-hydrogen) atoms. The molecule has 0 aromatic carbocycles. The van der Waals surface area contributed by atoms with Gasteiger partial charge in [0.15, 0.2) is 0 Å². The van der Waals surface area contributed by atoms with Crippen molar-refractivity contribution in [2.24, 2.45) is 11.8 Å². The number of fused-ring (bicyclic) bond motifs is 1. The summed E-state index contributed by atoms with van der Waals surface area (Å²) in [6.45, 7) is 8.38. The number of piperidine rings is 1. The van der Waals surface area contributed by atoms with Crippen LogP contribution in [0.4, 0.5) is 0 Å². The van der Waals surface area contributed by atoms with Gasteiger partial charge in [-0.1, -0.05) is 6.92 Å². The van der Waals surface area contributed by atoms with Crippen molar-refractivity contribution in [2.45, 2.75) is 45.7 Å². The molecule has 1 saturated heterocycles. The second-order valence-corrected chi connectivity index (χ2v) is 4.43. The fraction of sp³-hybridized carbons (Fsp3) is 1.00. The Labute approximate surface area is 69.8 Å². The highest BCUT2D eigenvalue weighted by molar-refractivity contribution is 5.04. The molecule has 2 aliphatic rings. The lowest BCUT2D eigenvalue weighted by molar-refractivity contribution is 0.170. The molecule has 3 unspecified atom stereocenters. The minimum Gasteiger partial charge on any atom is -0.297 e. The fourth-order valence-electron chi connectivity index (χ4n) is 2.74. The number of likely N-dealkylation sites (tertiary alicyclic amines) is 1. The van der Waals surface area contributed by atoms with Gasteiger partial charge in [-0.3, -0.25) is 4.90 Å². The first-order valence-electron chi connectivity index (χ1n) is 4.99. The zero-order valence-corrected chi connectivity index (χ0v) is 7.88. The van der Waals surface area contributed by atoms with Gasteiger partial charge in [0, 0.05) is 18.6 Å². The van der Waals surface area contributed by atoms with E-state index >= 15 is 0 Å². The van der Waals surface area contributed by atoms with Crippen LogP contribution in [0.1, 0.15) is 33.6 Å². The topological polar surface area (TPSA) is 3.24 Å². The van der Waals surface area contributed by atoms with Gasteiger partial charge in [-0.2, -0.15) is 0 Å². The highest BCUT2D eigenvalue weighted by atomic mass is 15.2. The molecule has 0 bridgehead atoms. The van der Waals surface area contributed by atoms with Gasteiger partial charge in [0.25, 0.3) is 0 Å². The maximum atomic E-state index is 2.69. The summed E-state index contributed by atoms with van der Waals surface area (Å²) in [6, 6.07) is 1.70. The molecule has 64 valence electrons. The van der Waals surface area contributed by atoms with Gasteiger partial charge in [-0.25, -0.2) is 0 Å². The van der Waals surface area contributed by atoms with Crippen LogP contribution in [-0.4, -0.2) is 23.5 Å². The Hall–Kier alpha value is -0.0400. The highest BCUT2D eigenvalue weighted by Gasteiger charge is 2.51. The van der Waals surface area contributed by atoms with Crippen molar-refractivity contribution < 1.29 is 0 Å². The van der Waals surface area contributed by atoms with Crippen molar-refractivity contribution in [3.05, 3.63) is 0 Å². The van der Waals surface area contributed by atoms with Crippen molar-refractivity contribution in [1.29, 1.82) is 0 Å². The zero-order valence-electron chi connectivity index (χ0n) is 7.88. The van der Waals surface area contributed by atoms with E-state index < -0.39 is 0 Å². The summed E-state index contributed by atoms with van der Waals surface area (Å²) in [4.78, 5) is 2.69. The zero-order chi connectivity index (χ0) is 8.01. The molecule has 0 radical (unpaired) electrons. The first-order valence-corrected chi connectivity index (χ1v) is 4.99. The van der Waals surface area contributed by atoms with Crippen molar-refractivity contribution in [1.82, 2.24) is 4.90 Å². The van der Waals surface area contributed by atoms with Gasteiger partial charge in [0.1, 0.15) is 0 Å². The van der Waals surface area contributed by atoms with Gasteiger partial charge in [0.05, 0.1) is 0 Å². The Kier molecular flexibility index (Phi) is 1.71. The predicted octanol–water partition coefficient (Wildman–Crippen LogP) is 2.13. The average Bonchev–Trinajstić information content (AvgIpc) is 2.63. The average molecular weight is 153 g/mol. The lowest BCUT2D eigenvalue weighted by atomic mass is 10.1. The second-order valence-electron chi connectivity index (χ2n) is 4.43. The third kappa shape index (κ3) is 1.10. The van der Waals surface area contributed by atoms with Crippen LogP contribution in [-0.2, 0) is 0 Å². The summed E-state index contributed by atoms with van der Waals surface area (Å²) in [5, 5.41) is 0. The van der Waals surface area contributed by atoms with Gasteiger partial charge in [-0.15, -0.1) is 0 Å². The first-order chi connectivity index (χ1) is 5.24. The van der Waals surface area contributed by atoms with Crippen molar-refractivity contribution in [2.75, 3.05) is 6.54 Å². The third-order valence-electron chi connectivity index (χ3n) is 3.42. The maximum Gasteiger partial charge on any atom is 0.0127 e. The van der Waals surface area contributed by atoms with E-state index in [1.807, 2.05) is 0 Å². The van der Waals surface area contributed by atoms with Crippen LogP contribution in [0.3, 0.4) is 0 Å². The van der Waals surface area contributed by atoms with E-state index in [4.69, 9.17) is 0 Å². The van der Waals surface area contributed by atoms with E-state index in [0.717, 1.165) is 23.9 Å². The molecule has 0 aromatic rings. The van der Waals surface area contributed by atoms with E-state index in [2.05, 4.69) is 25.7 Å². The highest BCUT2D eigenvalue weighted by Crippen LogP contribution is 2.50. The summed E-state index contributed by atoms with van der Waals surface area (Å²) in [7, 11) is 0. The fourth-order valence-corrected chi connectivity index (χ4v) is 2.74. The molecule has 0 N–H and O–H groups in total. The molecule has 1 heteroatoms. The molecule has 2 fully saturated rings. The van der Waals surface area contributed by atoms with Crippen LogP contribution in [0.2, 0.25) is 0 Å². The van der Waals surface area contributed by atoms with Crippen molar-refractivity contribution >= 4 is 0 Å². The Morgan fingerprint density at radius 3 is 2.64 bits per heavy atom. The summed E-state index contributed by atoms with van der Waals surface area (Å²) in [5.74, 6) is 2.17. The van der Waals surface area contributed by atoms with Crippen LogP contribution in [0, 0.1) is 11.8 Å². The minimum absolute atomic E-state index is 0.771. The smallest absolute Gasteiger partial charge is 0.0127 e. The van der Waals surface area contributed by atoms with E-state index in [1.165, 1.54) is 19.4 Å². The molecule has 1 aliphatic heterocycles. The molecule has 1 heterocycles. The summed E-state index contributed by atoms with van der Waals surface area (Å²) >= 11 is 0. The van der Waals surface area contributed by atoms with Crippen LogP contribution < -0.4 is 0 Å². The van der Waals surface area contributed by atoms with E-state index in [9.17, 15) is 0 Å². The summed E-state index contributed by atoms with van der Waals surface area (Å²) in [5.41, 5.74) is 0. The molecular weight excluding hydrogens is 134 g/mol. The minimum atomic E-state index is 0.771. The SMILES string of the molecule is CCC1C2CC2CN1C(C)C. The molecule has 2 rings (SSSR count). The molecule has 1 saturated carbocycles. The summed E-state index contributed by atoms with van der Waals surface area (Å²) in [6.07, 6.45) is 2.89. The van der Waals surface area contributed by atoms with E-state index in [0.29, 0.717) is 0 Å². The van der Waals surface area contributed by atoms with Crippen LogP contribution >= 0.6 is 0 Å². The number of hydrogen-bond acceptors (Lipinski definition) is 1. The molecule has 0 spiro atoms. The molecular formula is C10H19N. The monoisotopic (exact) mass is 153 g/mol. The number of hydrogen-bond donors (Lipinski definition) is 0. The third-order valence-corrected chi connectivity index (χ3v) is 3.42. The lowest BCUT2D eigenvalue weighted by Crippen LogP contribution is -2.37. The molecule has 1 nitrogen and oxygen atoms in total. The van der Waals surface area contributed by atoms with Crippen molar-refractivity contribution in [3.63, 3.8) is 0 Å². The Balaban J connectivity index is 2.01. The van der Waals surface area contributed by atoms with Crippen LogP contribution in [0.5, 0.6) is 0 Å².